The third-order valence-electron chi connectivity index (χ3n) is 5.37. The number of rotatable bonds is 7. The predicted molar refractivity (Wildman–Crippen MR) is 139 cm³/mol. The maximum atomic E-state index is 13.5. The van der Waals surface area contributed by atoms with E-state index in [-0.39, 0.29) is 17.7 Å². The van der Waals surface area contributed by atoms with Crippen LogP contribution in [0, 0.1) is 0 Å². The van der Waals surface area contributed by atoms with Crippen LogP contribution in [0.15, 0.2) is 94.4 Å². The lowest BCUT2D eigenvalue weighted by molar-refractivity contribution is -0.138. The topological polar surface area (TPSA) is 87.0 Å². The second-order valence-electron chi connectivity index (χ2n) is 7.92. The highest BCUT2D eigenvalue weighted by molar-refractivity contribution is 7.07. The molecule has 0 radical (unpaired) electrons. The van der Waals surface area contributed by atoms with Gasteiger partial charge in [-0.05, 0) is 36.3 Å². The summed E-state index contributed by atoms with van der Waals surface area (Å²) in [5, 5.41) is 0. The van der Waals surface area contributed by atoms with Gasteiger partial charge in [0, 0.05) is 6.92 Å². The number of hydrogen-bond donors (Lipinski definition) is 0. The van der Waals surface area contributed by atoms with E-state index in [1.807, 2.05) is 42.5 Å². The van der Waals surface area contributed by atoms with E-state index in [4.69, 9.17) is 9.47 Å². The molecule has 7 nitrogen and oxygen atoms in total. The van der Waals surface area contributed by atoms with Gasteiger partial charge in [-0.1, -0.05) is 78.6 Å². The highest BCUT2D eigenvalue weighted by atomic mass is 32.1. The van der Waals surface area contributed by atoms with Crippen molar-refractivity contribution < 1.29 is 19.1 Å². The highest BCUT2D eigenvalue weighted by Crippen LogP contribution is 2.31. The molecule has 8 heteroatoms. The lowest BCUT2D eigenvalue weighted by atomic mass is 9.96. The molecule has 1 aliphatic rings. The molecule has 2 aromatic carbocycles. The molecule has 0 N–H and O–H groups in total. The summed E-state index contributed by atoms with van der Waals surface area (Å²) >= 11 is 1.25. The number of hydrogen-bond acceptors (Lipinski definition) is 7. The number of fused-ring (bicyclic) bond motifs is 1. The van der Waals surface area contributed by atoms with Crippen LogP contribution >= 0.6 is 11.3 Å². The molecule has 36 heavy (non-hydrogen) atoms. The minimum atomic E-state index is -0.759. The number of ether oxygens (including phenoxy) is 2. The summed E-state index contributed by atoms with van der Waals surface area (Å²) < 4.78 is 12.4. The van der Waals surface area contributed by atoms with Crippen molar-refractivity contribution in [1.29, 1.82) is 0 Å². The first-order chi connectivity index (χ1) is 17.4. The summed E-state index contributed by atoms with van der Waals surface area (Å²) in [6.07, 6.45) is 6.95. The highest BCUT2D eigenvalue weighted by Gasteiger charge is 2.33. The average molecular weight is 501 g/mol. The van der Waals surface area contributed by atoms with Gasteiger partial charge in [0.25, 0.3) is 5.56 Å². The van der Waals surface area contributed by atoms with E-state index in [2.05, 4.69) is 11.6 Å². The van der Waals surface area contributed by atoms with Crippen LogP contribution < -0.4 is 19.6 Å². The van der Waals surface area contributed by atoms with Crippen molar-refractivity contribution in [1.82, 2.24) is 4.57 Å². The summed E-state index contributed by atoms with van der Waals surface area (Å²) in [5.74, 6) is -0.659. The van der Waals surface area contributed by atoms with Crippen molar-refractivity contribution in [2.75, 3.05) is 6.61 Å². The molecule has 1 atom stereocenters. The summed E-state index contributed by atoms with van der Waals surface area (Å²) in [6.45, 7) is 6.66. The van der Waals surface area contributed by atoms with Gasteiger partial charge in [-0.2, -0.15) is 0 Å². The Bertz CT molecular complexity index is 1540. The molecule has 3 aromatic rings. The van der Waals surface area contributed by atoms with Crippen molar-refractivity contribution in [2.24, 2.45) is 4.99 Å². The zero-order valence-electron chi connectivity index (χ0n) is 19.8. The summed E-state index contributed by atoms with van der Waals surface area (Å²) in [6, 6.07) is 15.7. The fraction of sp³-hybridized carbons (Fsp3) is 0.143. The van der Waals surface area contributed by atoms with Crippen molar-refractivity contribution in [3.63, 3.8) is 0 Å². The number of esters is 2. The van der Waals surface area contributed by atoms with Crippen molar-refractivity contribution in [3.05, 3.63) is 115 Å². The smallest absolute Gasteiger partial charge is 0.338 e. The Hall–Kier alpha value is -4.30. The van der Waals surface area contributed by atoms with E-state index in [9.17, 15) is 14.4 Å². The number of nitrogens with zero attached hydrogens (tertiary/aromatic N) is 2. The first-order valence-electron chi connectivity index (χ1n) is 11.2. The minimum absolute atomic E-state index is 0.0302. The van der Waals surface area contributed by atoms with Gasteiger partial charge in [0.2, 0.25) is 0 Å². The van der Waals surface area contributed by atoms with Gasteiger partial charge in [-0.3, -0.25) is 14.2 Å². The normalized spacial score (nSPS) is 15.4. The van der Waals surface area contributed by atoms with Crippen molar-refractivity contribution >= 4 is 35.4 Å². The molecular weight excluding hydrogens is 476 g/mol. The molecule has 0 bridgehead atoms. The van der Waals surface area contributed by atoms with Gasteiger partial charge in [0.15, 0.2) is 4.80 Å². The fourth-order valence-electron chi connectivity index (χ4n) is 3.82. The van der Waals surface area contributed by atoms with E-state index in [0.29, 0.717) is 26.3 Å². The Kier molecular flexibility index (Phi) is 7.56. The first-order valence-corrected chi connectivity index (χ1v) is 12.0. The van der Waals surface area contributed by atoms with Crippen molar-refractivity contribution in [3.8, 4) is 5.75 Å². The third-order valence-corrected chi connectivity index (χ3v) is 6.37. The Labute approximate surface area is 211 Å². The average Bonchev–Trinajstić information content (AvgIpc) is 3.17. The number of benzene rings is 2. The van der Waals surface area contributed by atoms with Gasteiger partial charge in [-0.15, -0.1) is 0 Å². The van der Waals surface area contributed by atoms with E-state index in [0.717, 1.165) is 5.56 Å². The summed E-state index contributed by atoms with van der Waals surface area (Å²) in [7, 11) is 0. The molecule has 0 aliphatic carbocycles. The zero-order valence-corrected chi connectivity index (χ0v) is 20.7. The fourth-order valence-corrected chi connectivity index (χ4v) is 4.82. The van der Waals surface area contributed by atoms with E-state index in [1.165, 1.54) is 28.9 Å². The van der Waals surface area contributed by atoms with Gasteiger partial charge < -0.3 is 9.47 Å². The Morgan fingerprint density at radius 1 is 1.14 bits per heavy atom. The van der Waals surface area contributed by atoms with Crippen LogP contribution in [-0.4, -0.2) is 23.1 Å². The molecule has 0 saturated heterocycles. The molecule has 1 aromatic heterocycles. The quantitative estimate of drug-likeness (QED) is 0.281. The summed E-state index contributed by atoms with van der Waals surface area (Å²) in [5.41, 5.74) is 2.11. The molecule has 2 heterocycles. The molecule has 1 unspecified atom stereocenters. The van der Waals surface area contributed by atoms with Crippen LogP contribution in [-0.2, 0) is 14.3 Å². The third kappa shape index (κ3) is 5.34. The number of carbonyl (C=O) groups excluding carboxylic acids is 2. The van der Waals surface area contributed by atoms with E-state index < -0.39 is 18.0 Å². The Balaban J connectivity index is 1.82. The Morgan fingerprint density at radius 2 is 1.86 bits per heavy atom. The van der Waals surface area contributed by atoms with Crippen molar-refractivity contribution in [2.45, 2.75) is 19.9 Å². The number of carbonyl (C=O) groups is 2. The molecule has 0 saturated carbocycles. The van der Waals surface area contributed by atoms with Crippen LogP contribution in [0.5, 0.6) is 5.75 Å². The molecule has 182 valence electrons. The lowest BCUT2D eigenvalue weighted by Gasteiger charge is -2.24. The maximum absolute atomic E-state index is 13.5. The Morgan fingerprint density at radius 3 is 2.53 bits per heavy atom. The number of allylic oxidation sites excluding steroid dienone is 2. The van der Waals surface area contributed by atoms with Gasteiger partial charge >= 0.3 is 11.9 Å². The molecule has 0 spiro atoms. The molecular formula is C28H24N2O5S. The first kappa shape index (κ1) is 24.8. The second-order valence-corrected chi connectivity index (χ2v) is 8.93. The van der Waals surface area contributed by atoms with Crippen LogP contribution in [0.1, 0.15) is 31.0 Å². The van der Waals surface area contributed by atoms with Gasteiger partial charge in [-0.25, -0.2) is 9.79 Å². The van der Waals surface area contributed by atoms with Gasteiger partial charge in [0.05, 0.1) is 21.8 Å². The van der Waals surface area contributed by atoms with Crippen LogP contribution in [0.2, 0.25) is 0 Å². The molecule has 1 aliphatic heterocycles. The van der Waals surface area contributed by atoms with Crippen LogP contribution in [0.4, 0.5) is 0 Å². The van der Waals surface area contributed by atoms with Crippen LogP contribution in [0.25, 0.3) is 12.2 Å². The largest absolute Gasteiger partial charge is 0.458 e. The van der Waals surface area contributed by atoms with Crippen LogP contribution in [0.3, 0.4) is 0 Å². The predicted octanol–water partition coefficient (Wildman–Crippen LogP) is 3.55. The summed E-state index contributed by atoms with van der Waals surface area (Å²) in [4.78, 5) is 42.9. The van der Waals surface area contributed by atoms with E-state index in [1.54, 1.807) is 37.3 Å². The maximum Gasteiger partial charge on any atom is 0.338 e. The zero-order chi connectivity index (χ0) is 25.7. The molecule has 0 amide bonds. The second kappa shape index (κ2) is 11.0. The lowest BCUT2D eigenvalue weighted by Crippen LogP contribution is -2.39. The van der Waals surface area contributed by atoms with Gasteiger partial charge in [0.1, 0.15) is 12.4 Å². The van der Waals surface area contributed by atoms with E-state index >= 15 is 0 Å². The SMILES string of the molecule is C=CCOC(=O)C1=C(C)N=c2sc(=CC=Cc3ccccc3)c(=O)n2C1c1ccc(OC(C)=O)cc1. The monoisotopic (exact) mass is 500 g/mol. The number of thiazole rings is 1. The number of aromatic nitrogens is 1. The standard InChI is InChI=1S/C28H24N2O5S/c1-4-17-34-27(33)24-18(2)29-28-30(25(24)21-13-15-22(16-14-21)35-19(3)31)26(32)23(36-28)12-8-11-20-9-6-5-7-10-20/h4-16,25H,1,17H2,2-3H3. The molecule has 4 rings (SSSR count). The minimum Gasteiger partial charge on any atom is -0.458 e. The molecule has 0 fully saturated rings.